The highest BCUT2D eigenvalue weighted by molar-refractivity contribution is 5.77. The lowest BCUT2D eigenvalue weighted by Crippen LogP contribution is -2.55. The van der Waals surface area contributed by atoms with E-state index in [2.05, 4.69) is 10.3 Å². The van der Waals surface area contributed by atoms with Gasteiger partial charge in [0.1, 0.15) is 0 Å². The molecule has 4 saturated carbocycles. The third-order valence-electron chi connectivity index (χ3n) is 6.87. The lowest BCUT2D eigenvalue weighted by Gasteiger charge is -2.54. The second kappa shape index (κ2) is 6.22. The summed E-state index contributed by atoms with van der Waals surface area (Å²) in [5, 5.41) is 3.92. The predicted molar refractivity (Wildman–Crippen MR) is 99.6 cm³/mol. The minimum Gasteiger partial charge on any atom is -0.353 e. The van der Waals surface area contributed by atoms with E-state index in [9.17, 15) is 9.59 Å². The highest BCUT2D eigenvalue weighted by atomic mass is 16.2. The van der Waals surface area contributed by atoms with Gasteiger partial charge in [0.15, 0.2) is 0 Å². The predicted octanol–water partition coefficient (Wildman–Crippen LogP) is 2.73. The lowest BCUT2D eigenvalue weighted by atomic mass is 9.54. The number of para-hydroxylation sites is 1. The van der Waals surface area contributed by atoms with Crippen LogP contribution < -0.4 is 10.9 Å². The van der Waals surface area contributed by atoms with E-state index < -0.39 is 0 Å². The maximum atomic E-state index is 12.5. The van der Waals surface area contributed by atoms with Crippen LogP contribution >= 0.6 is 0 Å². The van der Waals surface area contributed by atoms with Gasteiger partial charge in [0.2, 0.25) is 5.91 Å². The Bertz CT molecular complexity index is 876. The molecular weight excluding hydrogens is 326 g/mol. The van der Waals surface area contributed by atoms with Crippen molar-refractivity contribution in [1.29, 1.82) is 0 Å². The van der Waals surface area contributed by atoms with Crippen LogP contribution in [-0.4, -0.2) is 21.5 Å². The van der Waals surface area contributed by atoms with E-state index in [4.69, 9.17) is 0 Å². The Balaban J connectivity index is 1.24. The third-order valence-corrected chi connectivity index (χ3v) is 6.87. The van der Waals surface area contributed by atoms with E-state index >= 15 is 0 Å². The minimum atomic E-state index is -0.0713. The molecule has 5 heteroatoms. The molecule has 5 nitrogen and oxygen atoms in total. The van der Waals surface area contributed by atoms with E-state index in [1.807, 2.05) is 18.2 Å². The van der Waals surface area contributed by atoms with Gasteiger partial charge in [0.05, 0.1) is 17.2 Å². The van der Waals surface area contributed by atoms with E-state index in [1.165, 1.54) is 32.1 Å². The quantitative estimate of drug-likeness (QED) is 0.921. The normalized spacial score (nSPS) is 32.1. The molecule has 1 heterocycles. The zero-order valence-electron chi connectivity index (χ0n) is 14.9. The Morgan fingerprint density at radius 3 is 2.50 bits per heavy atom. The summed E-state index contributed by atoms with van der Waals surface area (Å²) in [5.74, 6) is 3.25. The molecule has 136 valence electrons. The molecule has 1 aromatic heterocycles. The second-order valence-corrected chi connectivity index (χ2v) is 8.53. The van der Waals surface area contributed by atoms with Gasteiger partial charge >= 0.3 is 0 Å². The minimum absolute atomic E-state index is 0.0713. The summed E-state index contributed by atoms with van der Waals surface area (Å²) < 4.78 is 1.55. The summed E-state index contributed by atoms with van der Waals surface area (Å²) in [6, 6.07) is 7.70. The van der Waals surface area contributed by atoms with E-state index in [1.54, 1.807) is 17.0 Å². The Kier molecular flexibility index (Phi) is 3.84. The van der Waals surface area contributed by atoms with Crippen molar-refractivity contribution in [3.05, 3.63) is 40.9 Å². The second-order valence-electron chi connectivity index (χ2n) is 8.53. The van der Waals surface area contributed by atoms with E-state index in [0.717, 1.165) is 11.8 Å². The molecule has 0 saturated heterocycles. The Morgan fingerprint density at radius 1 is 1.08 bits per heavy atom. The molecule has 4 fully saturated rings. The molecule has 26 heavy (non-hydrogen) atoms. The molecule has 1 N–H and O–H groups in total. The topological polar surface area (TPSA) is 64.0 Å². The fourth-order valence-electron chi connectivity index (χ4n) is 5.91. The van der Waals surface area contributed by atoms with Gasteiger partial charge < -0.3 is 5.32 Å². The molecule has 0 unspecified atom stereocenters. The monoisotopic (exact) mass is 351 g/mol. The fraction of sp³-hybridized carbons (Fsp3) is 0.571. The van der Waals surface area contributed by atoms with Crippen LogP contribution in [0.4, 0.5) is 0 Å². The SMILES string of the molecule is O=C(CCn1cnc2ccccc2c1=O)NC1C2CC3CC(C2)CC1C3. The van der Waals surface area contributed by atoms with Crippen molar-refractivity contribution in [1.82, 2.24) is 14.9 Å². The maximum Gasteiger partial charge on any atom is 0.261 e. The number of fused-ring (bicyclic) bond motifs is 1. The van der Waals surface area contributed by atoms with Gasteiger partial charge in [-0.3, -0.25) is 14.2 Å². The highest BCUT2D eigenvalue weighted by Gasteiger charge is 2.48. The van der Waals surface area contributed by atoms with Gasteiger partial charge in [0, 0.05) is 19.0 Å². The molecule has 0 spiro atoms. The van der Waals surface area contributed by atoms with E-state index in [-0.39, 0.29) is 11.5 Å². The maximum absolute atomic E-state index is 12.5. The largest absolute Gasteiger partial charge is 0.353 e. The fourth-order valence-corrected chi connectivity index (χ4v) is 5.91. The average Bonchev–Trinajstić information content (AvgIpc) is 2.64. The van der Waals surface area contributed by atoms with Crippen LogP contribution in [0, 0.1) is 23.7 Å². The van der Waals surface area contributed by atoms with Gasteiger partial charge in [-0.15, -0.1) is 0 Å². The zero-order valence-corrected chi connectivity index (χ0v) is 14.9. The van der Waals surface area contributed by atoms with Crippen molar-refractivity contribution < 1.29 is 4.79 Å². The third kappa shape index (κ3) is 2.74. The number of hydrogen-bond acceptors (Lipinski definition) is 3. The number of carbonyl (C=O) groups excluding carboxylic acids is 1. The number of nitrogens with one attached hydrogen (secondary N) is 1. The van der Waals surface area contributed by atoms with Crippen LogP contribution in [-0.2, 0) is 11.3 Å². The van der Waals surface area contributed by atoms with Crippen LogP contribution in [0.25, 0.3) is 10.9 Å². The Labute approximate surface area is 152 Å². The number of nitrogens with zero attached hydrogens (tertiary/aromatic N) is 2. The smallest absolute Gasteiger partial charge is 0.261 e. The number of benzene rings is 1. The molecule has 2 aromatic rings. The summed E-state index contributed by atoms with van der Waals surface area (Å²) in [5.41, 5.74) is 0.629. The van der Waals surface area contributed by atoms with Crippen molar-refractivity contribution in [2.24, 2.45) is 23.7 Å². The van der Waals surface area contributed by atoms with Gasteiger partial charge in [-0.05, 0) is 67.9 Å². The van der Waals surface area contributed by atoms with Gasteiger partial charge in [-0.1, -0.05) is 12.1 Å². The van der Waals surface area contributed by atoms with Crippen LogP contribution in [0.3, 0.4) is 0 Å². The average molecular weight is 351 g/mol. The van der Waals surface area contributed by atoms with E-state index in [0.29, 0.717) is 41.7 Å². The van der Waals surface area contributed by atoms with Crippen molar-refractivity contribution in [3.8, 4) is 0 Å². The Morgan fingerprint density at radius 2 is 1.77 bits per heavy atom. The number of hydrogen-bond donors (Lipinski definition) is 1. The molecular formula is C21H25N3O2. The molecule has 1 aromatic carbocycles. The summed E-state index contributed by atoms with van der Waals surface area (Å²) in [4.78, 5) is 29.4. The zero-order chi connectivity index (χ0) is 17.7. The molecule has 6 rings (SSSR count). The van der Waals surface area contributed by atoms with Crippen LogP contribution in [0.15, 0.2) is 35.4 Å². The van der Waals surface area contributed by atoms with Crippen LogP contribution in [0.2, 0.25) is 0 Å². The molecule has 0 aliphatic heterocycles. The summed E-state index contributed by atoms with van der Waals surface area (Å²) in [7, 11) is 0. The number of rotatable bonds is 4. The summed E-state index contributed by atoms with van der Waals surface area (Å²) in [6.07, 6.45) is 8.51. The standard InChI is InChI=1S/C21H25N3O2/c25-19(23-20-15-8-13-7-14(10-15)11-16(20)9-13)5-6-24-12-22-18-4-2-1-3-17(18)21(24)26/h1-4,12-16,20H,5-11H2,(H,23,25). The van der Waals surface area contributed by atoms with Crippen molar-refractivity contribution in [2.45, 2.75) is 51.1 Å². The first kappa shape index (κ1) is 16.0. The van der Waals surface area contributed by atoms with Crippen molar-refractivity contribution >= 4 is 16.8 Å². The summed E-state index contributed by atoms with van der Waals surface area (Å²) in [6.45, 7) is 0.385. The molecule has 0 atom stereocenters. The van der Waals surface area contributed by atoms with Crippen LogP contribution in [0.1, 0.15) is 38.5 Å². The van der Waals surface area contributed by atoms with Gasteiger partial charge in [-0.25, -0.2) is 4.98 Å². The Hall–Kier alpha value is -2.17. The summed E-state index contributed by atoms with van der Waals surface area (Å²) >= 11 is 0. The number of carbonyl (C=O) groups is 1. The van der Waals surface area contributed by atoms with Crippen molar-refractivity contribution in [2.75, 3.05) is 0 Å². The number of aromatic nitrogens is 2. The molecule has 4 aliphatic carbocycles. The molecule has 4 aliphatic rings. The van der Waals surface area contributed by atoms with Crippen LogP contribution in [0.5, 0.6) is 0 Å². The number of aryl methyl sites for hydroxylation is 1. The first-order valence-corrected chi connectivity index (χ1v) is 9.91. The molecule has 1 amide bonds. The first-order chi connectivity index (χ1) is 12.7. The molecule has 4 bridgehead atoms. The van der Waals surface area contributed by atoms with Crippen molar-refractivity contribution in [3.63, 3.8) is 0 Å². The highest BCUT2D eigenvalue weighted by Crippen LogP contribution is 2.53. The lowest BCUT2D eigenvalue weighted by molar-refractivity contribution is -0.125. The number of amides is 1. The van der Waals surface area contributed by atoms with Gasteiger partial charge in [-0.2, -0.15) is 0 Å². The molecule has 0 radical (unpaired) electrons. The first-order valence-electron chi connectivity index (χ1n) is 9.91. The van der Waals surface area contributed by atoms with Gasteiger partial charge in [0.25, 0.3) is 5.56 Å².